The first-order valence-electron chi connectivity index (χ1n) is 13.9. The quantitative estimate of drug-likeness (QED) is 0.541. The lowest BCUT2D eigenvalue weighted by molar-refractivity contribution is -0.137. The molecule has 2 bridgehead atoms. The maximum absolute atomic E-state index is 13.8. The van der Waals surface area contributed by atoms with Gasteiger partial charge < -0.3 is 15.5 Å². The summed E-state index contributed by atoms with van der Waals surface area (Å²) in [6.45, 7) is 6.47. The normalized spacial score (nSPS) is 32.1. The zero-order valence-corrected chi connectivity index (χ0v) is 20.8. The number of nitrogens with zero attached hydrogens (tertiary/aromatic N) is 1. The monoisotopic (exact) mass is 463 g/mol. The molecule has 0 aromatic heterocycles. The minimum absolute atomic E-state index is 0.131. The van der Waals surface area contributed by atoms with E-state index in [4.69, 9.17) is 0 Å². The van der Waals surface area contributed by atoms with Crippen molar-refractivity contribution in [2.24, 2.45) is 29.1 Å². The van der Waals surface area contributed by atoms with Crippen molar-refractivity contribution in [1.82, 2.24) is 15.5 Å². The number of carbonyl (C=O) groups is 2. The zero-order valence-electron chi connectivity index (χ0n) is 20.8. The van der Waals surface area contributed by atoms with Crippen LogP contribution in [0.2, 0.25) is 0 Å². The Morgan fingerprint density at radius 3 is 2.18 bits per heavy atom. The van der Waals surface area contributed by atoms with Crippen molar-refractivity contribution in [1.29, 1.82) is 0 Å². The lowest BCUT2D eigenvalue weighted by Crippen LogP contribution is -2.47. The molecule has 2 N–H and O–H groups in total. The lowest BCUT2D eigenvalue weighted by atomic mass is 9.78. The Bertz CT molecular complexity index is 927. The predicted octanol–water partition coefficient (Wildman–Crippen LogP) is 4.14. The summed E-state index contributed by atoms with van der Waals surface area (Å²) in [7, 11) is 0. The molecule has 2 amide bonds. The fourth-order valence-corrected chi connectivity index (χ4v) is 7.96. The SMILES string of the molecule is Cc1ccc(C2(NC(=O)[C@@H]3C4CCC([C@H]3C(=O)NCCCCN3CCCC3)C43CC3)CC2)cc1. The van der Waals surface area contributed by atoms with Crippen LogP contribution in [-0.4, -0.2) is 42.9 Å². The van der Waals surface area contributed by atoms with Crippen molar-refractivity contribution in [3.05, 3.63) is 35.4 Å². The molecule has 1 spiro atoms. The van der Waals surface area contributed by atoms with Crippen molar-refractivity contribution in [2.45, 2.75) is 76.7 Å². The summed E-state index contributed by atoms with van der Waals surface area (Å²) >= 11 is 0. The van der Waals surface area contributed by atoms with Crippen molar-refractivity contribution >= 4 is 11.8 Å². The summed E-state index contributed by atoms with van der Waals surface area (Å²) in [5.74, 6) is 0.831. The van der Waals surface area contributed by atoms with E-state index < -0.39 is 0 Å². The van der Waals surface area contributed by atoms with Gasteiger partial charge in [-0.2, -0.15) is 0 Å². The average molecular weight is 464 g/mol. The molecular weight excluding hydrogens is 422 g/mol. The Morgan fingerprint density at radius 1 is 0.912 bits per heavy atom. The zero-order chi connectivity index (χ0) is 23.3. The van der Waals surface area contributed by atoms with Crippen molar-refractivity contribution < 1.29 is 9.59 Å². The number of hydrogen-bond acceptors (Lipinski definition) is 3. The average Bonchev–Trinajstić information content (AvgIpc) is 3.68. The van der Waals surface area contributed by atoms with Crippen LogP contribution in [0, 0.1) is 36.0 Å². The third-order valence-corrected chi connectivity index (χ3v) is 10.1. The molecule has 34 heavy (non-hydrogen) atoms. The number of carbonyl (C=O) groups excluding carboxylic acids is 2. The molecule has 2 unspecified atom stereocenters. The van der Waals surface area contributed by atoms with Crippen LogP contribution in [0.4, 0.5) is 0 Å². The number of likely N-dealkylation sites (tertiary alicyclic amines) is 1. The molecule has 1 saturated heterocycles. The van der Waals surface area contributed by atoms with Gasteiger partial charge in [0.2, 0.25) is 11.8 Å². The van der Waals surface area contributed by atoms with Gasteiger partial charge in [-0.05, 0) is 114 Å². The largest absolute Gasteiger partial charge is 0.356 e. The maximum Gasteiger partial charge on any atom is 0.224 e. The summed E-state index contributed by atoms with van der Waals surface area (Å²) < 4.78 is 0. The highest BCUT2D eigenvalue weighted by atomic mass is 16.2. The predicted molar refractivity (Wildman–Crippen MR) is 133 cm³/mol. The number of hydrogen-bond donors (Lipinski definition) is 2. The molecule has 1 aromatic rings. The summed E-state index contributed by atoms with van der Waals surface area (Å²) in [6, 6.07) is 8.60. The van der Waals surface area contributed by atoms with Gasteiger partial charge in [0.25, 0.3) is 0 Å². The smallest absolute Gasteiger partial charge is 0.224 e. The molecule has 5 fully saturated rings. The summed E-state index contributed by atoms with van der Waals surface area (Å²) in [5, 5.41) is 6.73. The van der Waals surface area contributed by atoms with Gasteiger partial charge in [0, 0.05) is 6.54 Å². The summed E-state index contributed by atoms with van der Waals surface area (Å²) in [5.41, 5.74) is 2.54. The number of amides is 2. The Hall–Kier alpha value is -1.88. The second kappa shape index (κ2) is 8.65. The molecular formula is C29H41N3O2. The van der Waals surface area contributed by atoms with E-state index >= 15 is 0 Å². The van der Waals surface area contributed by atoms with Gasteiger partial charge in [0.05, 0.1) is 17.4 Å². The Balaban J connectivity index is 1.10. The molecule has 5 aliphatic rings. The molecule has 5 nitrogen and oxygen atoms in total. The van der Waals surface area contributed by atoms with E-state index in [-0.39, 0.29) is 29.2 Å². The van der Waals surface area contributed by atoms with E-state index in [1.54, 1.807) is 0 Å². The number of nitrogens with one attached hydrogen (secondary N) is 2. The molecule has 1 aromatic carbocycles. The maximum atomic E-state index is 13.8. The molecule has 4 atom stereocenters. The van der Waals surface area contributed by atoms with Gasteiger partial charge in [0.15, 0.2) is 0 Å². The van der Waals surface area contributed by atoms with Crippen molar-refractivity contribution in [2.75, 3.05) is 26.2 Å². The minimum atomic E-state index is -0.208. The fraction of sp³-hybridized carbons (Fsp3) is 0.724. The second-order valence-electron chi connectivity index (χ2n) is 12.1. The van der Waals surface area contributed by atoms with E-state index in [9.17, 15) is 9.59 Å². The Labute approximate surface area is 204 Å². The highest BCUT2D eigenvalue weighted by Gasteiger charge is 2.71. The van der Waals surface area contributed by atoms with Crippen LogP contribution in [0.1, 0.15) is 75.3 Å². The Morgan fingerprint density at radius 2 is 1.56 bits per heavy atom. The standard InChI is InChI=1S/C29H41N3O2/c1-20-6-8-21(9-7-20)29(14-15-29)31-27(34)25-23-11-10-22(28(23)12-13-28)24(25)26(33)30-16-2-3-17-32-18-4-5-19-32/h6-9,22-25H,2-5,10-19H2,1H3,(H,30,33)(H,31,34)/t22?,23?,24-,25-/m1/s1. The molecule has 1 heterocycles. The van der Waals surface area contributed by atoms with E-state index in [0.717, 1.165) is 51.6 Å². The molecule has 4 saturated carbocycles. The molecule has 6 rings (SSSR count). The third kappa shape index (κ3) is 3.88. The topological polar surface area (TPSA) is 61.4 Å². The van der Waals surface area contributed by atoms with Crippen molar-refractivity contribution in [3.8, 4) is 0 Å². The second-order valence-corrected chi connectivity index (χ2v) is 12.1. The number of aryl methyl sites for hydroxylation is 1. The highest BCUT2D eigenvalue weighted by Crippen LogP contribution is 2.74. The first kappa shape index (κ1) is 22.6. The van der Waals surface area contributed by atoms with Crippen molar-refractivity contribution in [3.63, 3.8) is 0 Å². The van der Waals surface area contributed by atoms with Gasteiger partial charge in [-0.1, -0.05) is 29.8 Å². The van der Waals surface area contributed by atoms with Gasteiger partial charge in [-0.3, -0.25) is 9.59 Å². The molecule has 5 heteroatoms. The lowest BCUT2D eigenvalue weighted by Gasteiger charge is -2.31. The number of benzene rings is 1. The van der Waals surface area contributed by atoms with E-state index in [1.807, 2.05) is 0 Å². The molecule has 1 aliphatic heterocycles. The highest BCUT2D eigenvalue weighted by molar-refractivity contribution is 5.90. The molecule has 0 radical (unpaired) electrons. The van der Waals surface area contributed by atoms with Gasteiger partial charge in [-0.15, -0.1) is 0 Å². The van der Waals surface area contributed by atoms with Gasteiger partial charge in [0.1, 0.15) is 0 Å². The fourth-order valence-electron chi connectivity index (χ4n) is 7.96. The molecule has 184 valence electrons. The van der Waals surface area contributed by atoms with Crippen LogP contribution in [0.25, 0.3) is 0 Å². The minimum Gasteiger partial charge on any atom is -0.356 e. The van der Waals surface area contributed by atoms with Gasteiger partial charge in [-0.25, -0.2) is 0 Å². The van der Waals surface area contributed by atoms with Crippen LogP contribution in [0.15, 0.2) is 24.3 Å². The molecule has 4 aliphatic carbocycles. The van der Waals surface area contributed by atoms with E-state index in [1.165, 1.54) is 49.9 Å². The summed E-state index contributed by atoms with van der Waals surface area (Å²) in [6.07, 6.45) is 11.5. The Kier molecular flexibility index (Phi) is 5.75. The van der Waals surface area contributed by atoms with Crippen LogP contribution in [0.3, 0.4) is 0 Å². The number of rotatable bonds is 9. The third-order valence-electron chi connectivity index (χ3n) is 10.1. The van der Waals surface area contributed by atoms with E-state index in [2.05, 4.69) is 46.7 Å². The first-order chi connectivity index (χ1) is 16.5. The first-order valence-corrected chi connectivity index (χ1v) is 13.9. The van der Waals surface area contributed by atoms with Crippen LogP contribution in [-0.2, 0) is 15.1 Å². The van der Waals surface area contributed by atoms with Crippen LogP contribution in [0.5, 0.6) is 0 Å². The van der Waals surface area contributed by atoms with Crippen LogP contribution >= 0.6 is 0 Å². The van der Waals surface area contributed by atoms with Crippen LogP contribution < -0.4 is 10.6 Å². The van der Waals surface area contributed by atoms with Gasteiger partial charge >= 0.3 is 0 Å². The van der Waals surface area contributed by atoms with E-state index in [0.29, 0.717) is 17.3 Å². The number of unbranched alkanes of at least 4 members (excludes halogenated alkanes) is 1. The summed E-state index contributed by atoms with van der Waals surface area (Å²) in [4.78, 5) is 29.8.